The third-order valence-electron chi connectivity index (χ3n) is 4.31. The van der Waals surface area contributed by atoms with Crippen molar-refractivity contribution in [2.24, 2.45) is 0 Å². The highest BCUT2D eigenvalue weighted by molar-refractivity contribution is 5.94. The van der Waals surface area contributed by atoms with E-state index in [0.29, 0.717) is 12.2 Å². The minimum absolute atomic E-state index is 0.0147. The number of carbonyl (C=O) groups excluding carboxylic acids is 1. The lowest BCUT2D eigenvalue weighted by molar-refractivity contribution is 0.0885. The maximum atomic E-state index is 12.8. The van der Waals surface area contributed by atoms with Crippen LogP contribution in [-0.4, -0.2) is 34.6 Å². The lowest BCUT2D eigenvalue weighted by Gasteiger charge is -2.28. The van der Waals surface area contributed by atoms with E-state index in [9.17, 15) is 9.18 Å². The number of hydrogen-bond acceptors (Lipinski definition) is 5. The Bertz CT molecular complexity index is 714. The van der Waals surface area contributed by atoms with E-state index in [2.05, 4.69) is 15.3 Å². The molecule has 0 saturated heterocycles. The number of carbonyl (C=O) groups is 1. The van der Waals surface area contributed by atoms with Gasteiger partial charge in [0, 0.05) is 11.6 Å². The summed E-state index contributed by atoms with van der Waals surface area (Å²) in [6, 6.07) is 7.43. The zero-order valence-corrected chi connectivity index (χ0v) is 14.7. The zero-order chi connectivity index (χ0) is 18.4. The van der Waals surface area contributed by atoms with Crippen LogP contribution >= 0.6 is 0 Å². The van der Waals surface area contributed by atoms with Crippen LogP contribution in [-0.2, 0) is 0 Å². The van der Waals surface area contributed by atoms with Crippen LogP contribution in [0.25, 0.3) is 0 Å². The third kappa shape index (κ3) is 4.91. The highest BCUT2D eigenvalue weighted by Crippen LogP contribution is 2.22. The first-order chi connectivity index (χ1) is 12.6. The number of amides is 1. The SMILES string of the molecule is CCOc1ccc(C(=O)NC2CCC(Oc3ncc(F)cn3)CC2)cc1. The predicted octanol–water partition coefficient (Wildman–Crippen LogP) is 3.13. The first kappa shape index (κ1) is 18.1. The molecule has 3 rings (SSSR count). The molecule has 1 aliphatic carbocycles. The zero-order valence-electron chi connectivity index (χ0n) is 14.7. The molecule has 0 radical (unpaired) electrons. The van der Waals surface area contributed by atoms with E-state index >= 15 is 0 Å². The normalized spacial score (nSPS) is 19.6. The molecule has 6 nitrogen and oxygen atoms in total. The van der Waals surface area contributed by atoms with E-state index in [4.69, 9.17) is 9.47 Å². The van der Waals surface area contributed by atoms with Crippen molar-refractivity contribution in [1.29, 1.82) is 0 Å². The van der Waals surface area contributed by atoms with Crippen molar-refractivity contribution in [3.8, 4) is 11.8 Å². The van der Waals surface area contributed by atoms with Crippen LogP contribution in [0.3, 0.4) is 0 Å². The van der Waals surface area contributed by atoms with E-state index in [-0.39, 0.29) is 24.1 Å². The van der Waals surface area contributed by atoms with Crippen LogP contribution in [0.5, 0.6) is 11.8 Å². The lowest BCUT2D eigenvalue weighted by atomic mass is 9.92. The van der Waals surface area contributed by atoms with Gasteiger partial charge in [0.2, 0.25) is 0 Å². The monoisotopic (exact) mass is 359 g/mol. The van der Waals surface area contributed by atoms with Gasteiger partial charge in [0.1, 0.15) is 11.9 Å². The van der Waals surface area contributed by atoms with E-state index < -0.39 is 5.82 Å². The van der Waals surface area contributed by atoms with Crippen molar-refractivity contribution in [2.75, 3.05) is 6.61 Å². The number of nitrogens with one attached hydrogen (secondary N) is 1. The molecule has 1 aliphatic rings. The highest BCUT2D eigenvalue weighted by Gasteiger charge is 2.24. The average molecular weight is 359 g/mol. The average Bonchev–Trinajstić information content (AvgIpc) is 2.66. The van der Waals surface area contributed by atoms with Crippen LogP contribution in [0, 0.1) is 5.82 Å². The molecule has 1 fully saturated rings. The van der Waals surface area contributed by atoms with Crippen molar-refractivity contribution in [3.63, 3.8) is 0 Å². The summed E-state index contributed by atoms with van der Waals surface area (Å²) in [4.78, 5) is 20.0. The fourth-order valence-electron chi connectivity index (χ4n) is 2.97. The summed E-state index contributed by atoms with van der Waals surface area (Å²) in [5.41, 5.74) is 0.617. The molecule has 0 spiro atoms. The van der Waals surface area contributed by atoms with Gasteiger partial charge in [-0.1, -0.05) is 0 Å². The summed E-state index contributed by atoms with van der Waals surface area (Å²) < 4.78 is 23.9. The summed E-state index contributed by atoms with van der Waals surface area (Å²) in [7, 11) is 0. The Kier molecular flexibility index (Phi) is 5.99. The Morgan fingerprint density at radius 3 is 2.42 bits per heavy atom. The molecule has 0 bridgehead atoms. The number of halogens is 1. The van der Waals surface area contributed by atoms with Gasteiger partial charge in [-0.15, -0.1) is 0 Å². The number of hydrogen-bond donors (Lipinski definition) is 1. The molecule has 1 aromatic carbocycles. The largest absolute Gasteiger partial charge is 0.494 e. The number of ether oxygens (including phenoxy) is 2. The second-order valence-electron chi connectivity index (χ2n) is 6.21. The van der Waals surface area contributed by atoms with Crippen LogP contribution in [0.15, 0.2) is 36.7 Å². The smallest absolute Gasteiger partial charge is 0.316 e. The minimum Gasteiger partial charge on any atom is -0.494 e. The maximum absolute atomic E-state index is 12.8. The van der Waals surface area contributed by atoms with Crippen LogP contribution in [0.1, 0.15) is 43.0 Å². The number of aromatic nitrogens is 2. The van der Waals surface area contributed by atoms with Crippen LogP contribution in [0.2, 0.25) is 0 Å². The van der Waals surface area contributed by atoms with Crippen LogP contribution in [0.4, 0.5) is 4.39 Å². The maximum Gasteiger partial charge on any atom is 0.316 e. The molecule has 1 heterocycles. The van der Waals surface area contributed by atoms with E-state index in [1.165, 1.54) is 0 Å². The van der Waals surface area contributed by atoms with Gasteiger partial charge in [-0.05, 0) is 56.9 Å². The van der Waals surface area contributed by atoms with Gasteiger partial charge in [-0.2, -0.15) is 0 Å². The molecule has 7 heteroatoms. The fourth-order valence-corrected chi connectivity index (χ4v) is 2.97. The van der Waals surface area contributed by atoms with Crippen molar-refractivity contribution in [1.82, 2.24) is 15.3 Å². The second-order valence-corrected chi connectivity index (χ2v) is 6.21. The summed E-state index contributed by atoms with van der Waals surface area (Å²) in [5.74, 6) is 0.182. The number of rotatable bonds is 6. The molecular formula is C19H22FN3O3. The van der Waals surface area contributed by atoms with Gasteiger partial charge in [0.05, 0.1) is 19.0 Å². The molecule has 1 N–H and O–H groups in total. The van der Waals surface area contributed by atoms with Gasteiger partial charge in [0.25, 0.3) is 5.91 Å². The molecule has 1 saturated carbocycles. The number of benzene rings is 1. The Labute approximate surface area is 151 Å². The highest BCUT2D eigenvalue weighted by atomic mass is 19.1. The Hall–Kier alpha value is -2.70. The van der Waals surface area contributed by atoms with Gasteiger partial charge in [0.15, 0.2) is 5.82 Å². The van der Waals surface area contributed by atoms with E-state index in [0.717, 1.165) is 43.8 Å². The Balaban J connectivity index is 1.45. The summed E-state index contributed by atoms with van der Waals surface area (Å²) in [6.07, 6.45) is 5.36. The van der Waals surface area contributed by atoms with Crippen molar-refractivity contribution < 1.29 is 18.7 Å². The standard InChI is InChI=1S/C19H22FN3O3/c1-2-25-16-7-3-13(4-8-16)18(24)23-15-5-9-17(10-6-15)26-19-21-11-14(20)12-22-19/h3-4,7-8,11-12,15,17H,2,5-6,9-10H2,1H3,(H,23,24). The molecule has 138 valence electrons. The van der Waals surface area contributed by atoms with Gasteiger partial charge in [-0.3, -0.25) is 4.79 Å². The Morgan fingerprint density at radius 1 is 1.15 bits per heavy atom. The lowest BCUT2D eigenvalue weighted by Crippen LogP contribution is -2.39. The number of nitrogens with zero attached hydrogens (tertiary/aromatic N) is 2. The molecule has 0 aliphatic heterocycles. The van der Waals surface area contributed by atoms with Gasteiger partial charge in [-0.25, -0.2) is 14.4 Å². The molecule has 0 unspecified atom stereocenters. The van der Waals surface area contributed by atoms with Crippen molar-refractivity contribution >= 4 is 5.91 Å². The molecule has 2 aromatic rings. The summed E-state index contributed by atoms with van der Waals surface area (Å²) in [6.45, 7) is 2.52. The fraction of sp³-hybridized carbons (Fsp3) is 0.421. The summed E-state index contributed by atoms with van der Waals surface area (Å²) >= 11 is 0. The molecule has 0 atom stereocenters. The third-order valence-corrected chi connectivity index (χ3v) is 4.31. The van der Waals surface area contributed by atoms with E-state index in [1.54, 1.807) is 24.3 Å². The van der Waals surface area contributed by atoms with E-state index in [1.807, 2.05) is 6.92 Å². The van der Waals surface area contributed by atoms with Crippen molar-refractivity contribution in [3.05, 3.63) is 48.0 Å². The Morgan fingerprint density at radius 2 is 1.81 bits per heavy atom. The molecule has 26 heavy (non-hydrogen) atoms. The summed E-state index contributed by atoms with van der Waals surface area (Å²) in [5, 5.41) is 3.06. The molecule has 1 aromatic heterocycles. The second kappa shape index (κ2) is 8.60. The topological polar surface area (TPSA) is 73.3 Å². The van der Waals surface area contributed by atoms with Gasteiger partial charge >= 0.3 is 6.01 Å². The predicted molar refractivity (Wildman–Crippen MR) is 93.7 cm³/mol. The van der Waals surface area contributed by atoms with Crippen LogP contribution < -0.4 is 14.8 Å². The first-order valence-electron chi connectivity index (χ1n) is 8.82. The molecule has 1 amide bonds. The quantitative estimate of drug-likeness (QED) is 0.858. The van der Waals surface area contributed by atoms with Gasteiger partial charge < -0.3 is 14.8 Å². The molecular weight excluding hydrogens is 337 g/mol. The van der Waals surface area contributed by atoms with Crippen molar-refractivity contribution in [2.45, 2.75) is 44.8 Å². The first-order valence-corrected chi connectivity index (χ1v) is 8.82. The minimum atomic E-state index is -0.488.